The summed E-state index contributed by atoms with van der Waals surface area (Å²) in [6, 6.07) is 0. The molecule has 1 atom stereocenters. The molecule has 2 aliphatic carbocycles. The highest BCUT2D eigenvalue weighted by atomic mass is 16.6. The fourth-order valence-corrected chi connectivity index (χ4v) is 4.02. The van der Waals surface area contributed by atoms with Crippen molar-refractivity contribution in [2.75, 3.05) is 0 Å². The maximum absolute atomic E-state index is 12.5. The summed E-state index contributed by atoms with van der Waals surface area (Å²) in [5.41, 5.74) is -0.0176. The van der Waals surface area contributed by atoms with Crippen molar-refractivity contribution in [3.63, 3.8) is 0 Å². The van der Waals surface area contributed by atoms with Gasteiger partial charge in [0.1, 0.15) is 5.60 Å². The van der Waals surface area contributed by atoms with Gasteiger partial charge < -0.3 is 4.74 Å². The molecule has 0 aliphatic heterocycles. The van der Waals surface area contributed by atoms with E-state index in [0.717, 1.165) is 25.7 Å². The van der Waals surface area contributed by atoms with Crippen molar-refractivity contribution < 1.29 is 9.53 Å². The first-order chi connectivity index (χ1) is 9.37. The third-order valence-electron chi connectivity index (χ3n) is 6.11. The molecular weight excluding hydrogens is 248 g/mol. The second-order valence-electron chi connectivity index (χ2n) is 7.90. The molecule has 2 heteroatoms. The highest BCUT2D eigenvalue weighted by molar-refractivity contribution is 5.76. The molecule has 0 radical (unpaired) electrons. The molecule has 2 fully saturated rings. The van der Waals surface area contributed by atoms with Gasteiger partial charge in [-0.2, -0.15) is 0 Å². The quantitative estimate of drug-likeness (QED) is 0.657. The van der Waals surface area contributed by atoms with E-state index in [-0.39, 0.29) is 17.0 Å². The Bertz CT molecular complexity index is 352. The lowest BCUT2D eigenvalue weighted by molar-refractivity contribution is -0.171. The molecule has 0 aromatic rings. The Hall–Kier alpha value is -0.530. The Balaban J connectivity index is 2.06. The van der Waals surface area contributed by atoms with E-state index in [1.54, 1.807) is 0 Å². The van der Waals surface area contributed by atoms with Gasteiger partial charge in [-0.05, 0) is 64.2 Å². The first kappa shape index (κ1) is 15.9. The highest BCUT2D eigenvalue weighted by Gasteiger charge is 2.50. The molecule has 1 spiro atoms. The van der Waals surface area contributed by atoms with Crippen molar-refractivity contribution in [2.24, 2.45) is 10.8 Å². The number of ether oxygens (including phenoxy) is 1. The van der Waals surface area contributed by atoms with Crippen LogP contribution >= 0.6 is 0 Å². The Labute approximate surface area is 124 Å². The van der Waals surface area contributed by atoms with Gasteiger partial charge in [-0.1, -0.05) is 33.1 Å². The van der Waals surface area contributed by atoms with Crippen LogP contribution in [0.1, 0.15) is 91.9 Å². The monoisotopic (exact) mass is 280 g/mol. The van der Waals surface area contributed by atoms with Gasteiger partial charge in [-0.15, -0.1) is 0 Å². The van der Waals surface area contributed by atoms with Gasteiger partial charge in [0.15, 0.2) is 0 Å². The van der Waals surface area contributed by atoms with Crippen molar-refractivity contribution in [2.45, 2.75) is 97.5 Å². The summed E-state index contributed by atoms with van der Waals surface area (Å²) in [5.74, 6) is 0.00899. The van der Waals surface area contributed by atoms with Crippen LogP contribution in [-0.2, 0) is 9.53 Å². The Morgan fingerprint density at radius 2 is 1.70 bits per heavy atom. The van der Waals surface area contributed by atoms with Gasteiger partial charge in [-0.3, -0.25) is 4.79 Å². The summed E-state index contributed by atoms with van der Waals surface area (Å²) in [6.07, 6.45) is 12.1. The van der Waals surface area contributed by atoms with E-state index >= 15 is 0 Å². The third-order valence-corrected chi connectivity index (χ3v) is 6.11. The molecule has 0 aromatic heterocycles. The summed E-state index contributed by atoms with van der Waals surface area (Å²) in [6.45, 7) is 8.26. The predicted octanol–water partition coefficient (Wildman–Crippen LogP) is 5.25. The van der Waals surface area contributed by atoms with E-state index in [4.69, 9.17) is 4.74 Å². The molecule has 0 aromatic carbocycles. The lowest BCUT2D eigenvalue weighted by atomic mass is 9.72. The molecule has 2 nitrogen and oxygen atoms in total. The number of hydrogen-bond donors (Lipinski definition) is 0. The van der Waals surface area contributed by atoms with Gasteiger partial charge in [0.05, 0.1) is 5.41 Å². The van der Waals surface area contributed by atoms with Gasteiger partial charge in [-0.25, -0.2) is 0 Å². The topological polar surface area (TPSA) is 26.3 Å². The minimum atomic E-state index is -0.343. The summed E-state index contributed by atoms with van der Waals surface area (Å²) < 4.78 is 6.09. The minimum absolute atomic E-state index is 0.00899. The molecule has 2 rings (SSSR count). The second kappa shape index (κ2) is 5.69. The van der Waals surface area contributed by atoms with Gasteiger partial charge in [0, 0.05) is 0 Å². The van der Waals surface area contributed by atoms with E-state index in [1.807, 2.05) is 13.8 Å². The van der Waals surface area contributed by atoms with Crippen LogP contribution < -0.4 is 0 Å². The van der Waals surface area contributed by atoms with E-state index in [1.165, 1.54) is 38.5 Å². The standard InChI is InChI=1S/C18H32O2/c1-5-16(3,4)15(19)20-18(6-2)13-12-17(14-18)10-8-7-9-11-17/h5-14H2,1-4H3. The molecule has 2 saturated carbocycles. The van der Waals surface area contributed by atoms with Gasteiger partial charge >= 0.3 is 5.97 Å². The van der Waals surface area contributed by atoms with Crippen molar-refractivity contribution in [3.8, 4) is 0 Å². The summed E-state index contributed by atoms with van der Waals surface area (Å²) in [5, 5.41) is 0. The SMILES string of the molecule is CCC1(OC(=O)C(C)(C)CC)CCC2(CCCCC2)C1. The maximum Gasteiger partial charge on any atom is 0.312 e. The van der Waals surface area contributed by atoms with Crippen LogP contribution in [0.5, 0.6) is 0 Å². The zero-order valence-corrected chi connectivity index (χ0v) is 13.9. The summed E-state index contributed by atoms with van der Waals surface area (Å²) in [4.78, 5) is 12.5. The molecule has 1 unspecified atom stereocenters. The molecule has 0 amide bonds. The molecule has 116 valence electrons. The largest absolute Gasteiger partial charge is 0.459 e. The number of hydrogen-bond acceptors (Lipinski definition) is 2. The molecule has 0 N–H and O–H groups in total. The number of carbonyl (C=O) groups excluding carboxylic acids is 1. The minimum Gasteiger partial charge on any atom is -0.459 e. The molecule has 2 aliphatic rings. The first-order valence-electron chi connectivity index (χ1n) is 8.61. The third kappa shape index (κ3) is 3.04. The van der Waals surface area contributed by atoms with Crippen molar-refractivity contribution in [1.82, 2.24) is 0 Å². The van der Waals surface area contributed by atoms with Crippen molar-refractivity contribution in [1.29, 1.82) is 0 Å². The molecule has 0 bridgehead atoms. The number of esters is 1. The number of rotatable bonds is 4. The lowest BCUT2D eigenvalue weighted by Crippen LogP contribution is -2.38. The van der Waals surface area contributed by atoms with Crippen LogP contribution in [0, 0.1) is 10.8 Å². The Kier molecular flexibility index (Phi) is 4.51. The number of carbonyl (C=O) groups is 1. The van der Waals surface area contributed by atoms with Crippen LogP contribution in [0.4, 0.5) is 0 Å². The average molecular weight is 280 g/mol. The molecule has 0 saturated heterocycles. The van der Waals surface area contributed by atoms with Crippen LogP contribution in [-0.4, -0.2) is 11.6 Å². The Morgan fingerprint density at radius 1 is 1.05 bits per heavy atom. The van der Waals surface area contributed by atoms with Crippen LogP contribution in [0.25, 0.3) is 0 Å². The fourth-order valence-electron chi connectivity index (χ4n) is 4.02. The van der Waals surface area contributed by atoms with Crippen molar-refractivity contribution >= 4 is 5.97 Å². The smallest absolute Gasteiger partial charge is 0.312 e. The van der Waals surface area contributed by atoms with Crippen LogP contribution in [0.15, 0.2) is 0 Å². The van der Waals surface area contributed by atoms with Crippen LogP contribution in [0.2, 0.25) is 0 Å². The average Bonchev–Trinajstić information content (AvgIpc) is 2.79. The fraction of sp³-hybridized carbons (Fsp3) is 0.944. The highest BCUT2D eigenvalue weighted by Crippen LogP contribution is 2.55. The van der Waals surface area contributed by atoms with Crippen LogP contribution in [0.3, 0.4) is 0 Å². The summed E-state index contributed by atoms with van der Waals surface area (Å²) >= 11 is 0. The van der Waals surface area contributed by atoms with E-state index < -0.39 is 0 Å². The first-order valence-corrected chi connectivity index (χ1v) is 8.61. The molecule has 20 heavy (non-hydrogen) atoms. The maximum atomic E-state index is 12.5. The summed E-state index contributed by atoms with van der Waals surface area (Å²) in [7, 11) is 0. The zero-order chi connectivity index (χ0) is 14.9. The van der Waals surface area contributed by atoms with E-state index in [0.29, 0.717) is 5.41 Å². The molecular formula is C18H32O2. The predicted molar refractivity (Wildman–Crippen MR) is 82.6 cm³/mol. The Morgan fingerprint density at radius 3 is 2.25 bits per heavy atom. The van der Waals surface area contributed by atoms with Crippen molar-refractivity contribution in [3.05, 3.63) is 0 Å². The van der Waals surface area contributed by atoms with Gasteiger partial charge in [0.2, 0.25) is 0 Å². The normalized spacial score (nSPS) is 29.6. The van der Waals surface area contributed by atoms with Gasteiger partial charge in [0.25, 0.3) is 0 Å². The van der Waals surface area contributed by atoms with E-state index in [2.05, 4.69) is 13.8 Å². The zero-order valence-electron chi connectivity index (χ0n) is 13.9. The second-order valence-corrected chi connectivity index (χ2v) is 7.90. The lowest BCUT2D eigenvalue weighted by Gasteiger charge is -2.37. The molecule has 0 heterocycles. The van der Waals surface area contributed by atoms with E-state index in [9.17, 15) is 4.79 Å².